The molecule has 0 heterocycles. The van der Waals surface area contributed by atoms with Gasteiger partial charge in [-0.05, 0) is 30.3 Å². The number of halogens is 2. The minimum Gasteiger partial charge on any atom is -0.457 e. The summed E-state index contributed by atoms with van der Waals surface area (Å²) in [7, 11) is 0. The quantitative estimate of drug-likeness (QED) is 0.901. The van der Waals surface area contributed by atoms with Gasteiger partial charge in [0.15, 0.2) is 0 Å². The molecule has 17 heavy (non-hydrogen) atoms. The summed E-state index contributed by atoms with van der Waals surface area (Å²) in [4.78, 5) is 0. The smallest absolute Gasteiger partial charge is 0.132 e. The van der Waals surface area contributed by atoms with E-state index in [-0.39, 0.29) is 12.2 Å². The monoisotopic (exact) mass is 252 g/mol. The predicted octanol–water partition coefficient (Wildman–Crippen LogP) is 3.76. The van der Waals surface area contributed by atoms with Crippen LogP contribution in [0.25, 0.3) is 0 Å². The molecule has 1 N–H and O–H groups in total. The van der Waals surface area contributed by atoms with Crippen molar-refractivity contribution in [3.8, 4) is 11.5 Å². The molecule has 0 bridgehead atoms. The molecule has 4 heteroatoms. The van der Waals surface area contributed by atoms with Gasteiger partial charge in [0.05, 0.1) is 6.61 Å². The molecule has 0 fully saturated rings. The van der Waals surface area contributed by atoms with E-state index in [4.69, 9.17) is 21.4 Å². The summed E-state index contributed by atoms with van der Waals surface area (Å²) in [5.41, 5.74) is 0.244. The molecule has 0 amide bonds. The molecule has 2 aromatic carbocycles. The Hall–Kier alpha value is -1.58. The van der Waals surface area contributed by atoms with E-state index in [1.165, 1.54) is 12.1 Å². The van der Waals surface area contributed by atoms with Gasteiger partial charge < -0.3 is 9.84 Å². The standard InChI is InChI=1S/C13H10ClFO2/c14-10-2-5-11(6-3-10)17-12-4-1-9(8-16)13(15)7-12/h1-7,16H,8H2. The van der Waals surface area contributed by atoms with Crippen molar-refractivity contribution in [3.05, 3.63) is 58.9 Å². The number of aliphatic hydroxyl groups is 1. The Balaban J connectivity index is 2.19. The van der Waals surface area contributed by atoms with E-state index in [0.29, 0.717) is 16.5 Å². The molecule has 0 aliphatic rings. The molecule has 0 saturated carbocycles. The summed E-state index contributed by atoms with van der Waals surface area (Å²) in [6.07, 6.45) is 0. The highest BCUT2D eigenvalue weighted by Gasteiger charge is 2.04. The molecule has 0 aliphatic heterocycles. The first-order valence-corrected chi connectivity index (χ1v) is 5.39. The molecular formula is C13H10ClFO2. The van der Waals surface area contributed by atoms with Crippen LogP contribution in [-0.4, -0.2) is 5.11 Å². The van der Waals surface area contributed by atoms with Gasteiger partial charge in [-0.25, -0.2) is 4.39 Å². The lowest BCUT2D eigenvalue weighted by atomic mass is 10.2. The molecule has 0 aliphatic carbocycles. The number of aliphatic hydroxyl groups excluding tert-OH is 1. The van der Waals surface area contributed by atoms with Crippen LogP contribution in [0.5, 0.6) is 11.5 Å². The van der Waals surface area contributed by atoms with Crippen LogP contribution in [0.2, 0.25) is 5.02 Å². The van der Waals surface area contributed by atoms with Crippen LogP contribution in [0.1, 0.15) is 5.56 Å². The topological polar surface area (TPSA) is 29.5 Å². The molecule has 2 rings (SSSR count). The van der Waals surface area contributed by atoms with Crippen LogP contribution < -0.4 is 4.74 Å². The minimum atomic E-state index is -0.487. The van der Waals surface area contributed by atoms with E-state index in [0.717, 1.165) is 0 Å². The van der Waals surface area contributed by atoms with Gasteiger partial charge >= 0.3 is 0 Å². The van der Waals surface area contributed by atoms with Crippen molar-refractivity contribution in [3.63, 3.8) is 0 Å². The predicted molar refractivity (Wildman–Crippen MR) is 63.8 cm³/mol. The van der Waals surface area contributed by atoms with Crippen LogP contribution >= 0.6 is 11.6 Å². The first-order valence-electron chi connectivity index (χ1n) is 5.02. The van der Waals surface area contributed by atoms with E-state index in [1.54, 1.807) is 30.3 Å². The molecular weight excluding hydrogens is 243 g/mol. The number of ether oxygens (including phenoxy) is 1. The summed E-state index contributed by atoms with van der Waals surface area (Å²) >= 11 is 5.74. The molecule has 0 saturated heterocycles. The molecule has 0 spiro atoms. The van der Waals surface area contributed by atoms with Crippen molar-refractivity contribution in [2.24, 2.45) is 0 Å². The third-order valence-corrected chi connectivity index (χ3v) is 2.50. The number of rotatable bonds is 3. The SMILES string of the molecule is OCc1ccc(Oc2ccc(Cl)cc2)cc1F. The number of benzene rings is 2. The highest BCUT2D eigenvalue weighted by molar-refractivity contribution is 6.30. The maximum absolute atomic E-state index is 13.4. The highest BCUT2D eigenvalue weighted by Crippen LogP contribution is 2.24. The van der Waals surface area contributed by atoms with E-state index < -0.39 is 5.82 Å². The second kappa shape index (κ2) is 5.17. The summed E-state index contributed by atoms with van der Waals surface area (Å²) in [6, 6.07) is 11.1. The van der Waals surface area contributed by atoms with Gasteiger partial charge in [-0.15, -0.1) is 0 Å². The van der Waals surface area contributed by atoms with Gasteiger partial charge in [-0.3, -0.25) is 0 Å². The molecule has 2 nitrogen and oxygen atoms in total. The first-order chi connectivity index (χ1) is 8.19. The fraction of sp³-hybridized carbons (Fsp3) is 0.0769. The van der Waals surface area contributed by atoms with Crippen LogP contribution in [0.4, 0.5) is 4.39 Å². The highest BCUT2D eigenvalue weighted by atomic mass is 35.5. The molecule has 0 unspecified atom stereocenters. The van der Waals surface area contributed by atoms with Gasteiger partial charge in [0.25, 0.3) is 0 Å². The average Bonchev–Trinajstić information content (AvgIpc) is 2.32. The Morgan fingerprint density at radius 1 is 1.06 bits per heavy atom. The lowest BCUT2D eigenvalue weighted by Crippen LogP contribution is -1.91. The fourth-order valence-electron chi connectivity index (χ4n) is 1.36. The Labute approximate surface area is 103 Å². The van der Waals surface area contributed by atoms with Crippen molar-refractivity contribution in [1.82, 2.24) is 0 Å². The fourth-order valence-corrected chi connectivity index (χ4v) is 1.48. The molecule has 0 atom stereocenters. The summed E-state index contributed by atoms with van der Waals surface area (Å²) < 4.78 is 18.8. The molecule has 0 radical (unpaired) electrons. The summed E-state index contributed by atoms with van der Waals surface area (Å²) in [5.74, 6) is 0.464. The Bertz CT molecular complexity index is 511. The second-order valence-corrected chi connectivity index (χ2v) is 3.90. The number of hydrogen-bond acceptors (Lipinski definition) is 2. The number of hydrogen-bond donors (Lipinski definition) is 1. The first kappa shape index (κ1) is 11.9. The molecule has 2 aromatic rings. The third kappa shape index (κ3) is 2.96. The minimum absolute atomic E-state index is 0.244. The van der Waals surface area contributed by atoms with E-state index in [1.807, 2.05) is 0 Å². The zero-order valence-corrected chi connectivity index (χ0v) is 9.62. The largest absolute Gasteiger partial charge is 0.457 e. The second-order valence-electron chi connectivity index (χ2n) is 3.47. The lowest BCUT2D eigenvalue weighted by molar-refractivity contribution is 0.275. The van der Waals surface area contributed by atoms with Crippen LogP contribution in [0.3, 0.4) is 0 Å². The maximum Gasteiger partial charge on any atom is 0.132 e. The maximum atomic E-state index is 13.4. The van der Waals surface area contributed by atoms with E-state index in [2.05, 4.69) is 0 Å². The Kier molecular flexibility index (Phi) is 3.61. The van der Waals surface area contributed by atoms with Crippen molar-refractivity contribution < 1.29 is 14.2 Å². The lowest BCUT2D eigenvalue weighted by Gasteiger charge is -2.07. The average molecular weight is 253 g/mol. The van der Waals surface area contributed by atoms with Gasteiger partial charge in [-0.2, -0.15) is 0 Å². The summed E-state index contributed by atoms with van der Waals surface area (Å²) in [5, 5.41) is 9.44. The van der Waals surface area contributed by atoms with Crippen molar-refractivity contribution >= 4 is 11.6 Å². The molecule has 0 aromatic heterocycles. The van der Waals surface area contributed by atoms with Gasteiger partial charge in [-0.1, -0.05) is 17.7 Å². The Morgan fingerprint density at radius 3 is 2.29 bits per heavy atom. The van der Waals surface area contributed by atoms with Gasteiger partial charge in [0, 0.05) is 16.7 Å². The van der Waals surface area contributed by atoms with Crippen molar-refractivity contribution in [1.29, 1.82) is 0 Å². The summed E-state index contributed by atoms with van der Waals surface area (Å²) in [6.45, 7) is -0.326. The Morgan fingerprint density at radius 2 is 1.71 bits per heavy atom. The van der Waals surface area contributed by atoms with E-state index in [9.17, 15) is 4.39 Å². The third-order valence-electron chi connectivity index (χ3n) is 2.24. The zero-order valence-electron chi connectivity index (χ0n) is 8.86. The van der Waals surface area contributed by atoms with Crippen molar-refractivity contribution in [2.75, 3.05) is 0 Å². The van der Waals surface area contributed by atoms with Crippen LogP contribution in [-0.2, 0) is 6.61 Å². The zero-order chi connectivity index (χ0) is 12.3. The van der Waals surface area contributed by atoms with Crippen molar-refractivity contribution in [2.45, 2.75) is 6.61 Å². The molecule has 88 valence electrons. The van der Waals surface area contributed by atoms with Crippen LogP contribution in [0.15, 0.2) is 42.5 Å². The van der Waals surface area contributed by atoms with E-state index >= 15 is 0 Å². The van der Waals surface area contributed by atoms with Gasteiger partial charge in [0.2, 0.25) is 0 Å². The van der Waals surface area contributed by atoms with Gasteiger partial charge in [0.1, 0.15) is 17.3 Å². The van der Waals surface area contributed by atoms with Crippen LogP contribution in [0, 0.1) is 5.82 Å². The normalized spacial score (nSPS) is 10.3.